The summed E-state index contributed by atoms with van der Waals surface area (Å²) >= 11 is 3.39. The van der Waals surface area contributed by atoms with Crippen LogP contribution < -0.4 is 5.01 Å². The van der Waals surface area contributed by atoms with Crippen LogP contribution in [-0.4, -0.2) is 20.0 Å². The molecule has 8 nitrogen and oxygen atoms in total. The molecule has 0 amide bonds. The third-order valence-corrected chi connectivity index (χ3v) is 4.70. The normalized spacial score (nSPS) is 19.5. The van der Waals surface area contributed by atoms with Gasteiger partial charge in [0.05, 0.1) is 21.5 Å². The van der Waals surface area contributed by atoms with Gasteiger partial charge in [0.2, 0.25) is 0 Å². The molecule has 1 aromatic rings. The lowest BCUT2D eigenvalue weighted by atomic mass is 9.93. The molecule has 0 bridgehead atoms. The number of hydrogen-bond acceptors (Lipinski definition) is 6. The zero-order valence-corrected chi connectivity index (χ0v) is 13.2. The minimum absolute atomic E-state index is 0.250. The summed E-state index contributed by atoms with van der Waals surface area (Å²) in [7, 11) is 0. The minimum Gasteiger partial charge on any atom is -0.258 e. The van der Waals surface area contributed by atoms with E-state index in [0.717, 1.165) is 36.4 Å². The lowest BCUT2D eigenvalue weighted by Crippen LogP contribution is -2.40. The van der Waals surface area contributed by atoms with Gasteiger partial charge in [0.15, 0.2) is 0 Å². The molecule has 1 aromatic carbocycles. The number of halogens is 1. The summed E-state index contributed by atoms with van der Waals surface area (Å²) in [5.74, 6) is 0. The van der Waals surface area contributed by atoms with E-state index >= 15 is 0 Å². The summed E-state index contributed by atoms with van der Waals surface area (Å²) in [4.78, 5) is 21.0. The molecule has 9 heteroatoms. The van der Waals surface area contributed by atoms with Crippen LogP contribution in [0.2, 0.25) is 0 Å². The highest BCUT2D eigenvalue weighted by molar-refractivity contribution is 9.18. The molecule has 0 radical (unpaired) electrons. The van der Waals surface area contributed by atoms with Gasteiger partial charge in [-0.05, 0) is 34.8 Å². The van der Waals surface area contributed by atoms with Crippen LogP contribution in [0.3, 0.4) is 0 Å². The van der Waals surface area contributed by atoms with E-state index in [1.165, 1.54) is 12.1 Å². The van der Waals surface area contributed by atoms with E-state index in [-0.39, 0.29) is 16.9 Å². The highest BCUT2D eigenvalue weighted by Crippen LogP contribution is 2.48. The molecule has 1 spiro atoms. The number of nitrogens with zero attached hydrogens (tertiary/aromatic N) is 4. The highest BCUT2D eigenvalue weighted by Gasteiger charge is 2.46. The van der Waals surface area contributed by atoms with Crippen molar-refractivity contribution in [2.45, 2.75) is 37.6 Å². The Morgan fingerprint density at radius 1 is 1.18 bits per heavy atom. The number of anilines is 1. The first-order valence-electron chi connectivity index (χ1n) is 6.89. The van der Waals surface area contributed by atoms with Crippen molar-refractivity contribution < 1.29 is 9.85 Å². The summed E-state index contributed by atoms with van der Waals surface area (Å²) in [6, 6.07) is 3.71. The zero-order chi connectivity index (χ0) is 15.9. The van der Waals surface area contributed by atoms with Gasteiger partial charge >= 0.3 is 5.69 Å². The van der Waals surface area contributed by atoms with E-state index in [2.05, 4.69) is 21.0 Å². The Balaban J connectivity index is 2.10. The van der Waals surface area contributed by atoms with Crippen LogP contribution in [0.4, 0.5) is 17.1 Å². The number of benzene rings is 1. The van der Waals surface area contributed by atoms with Crippen molar-refractivity contribution in [1.29, 1.82) is 0 Å². The largest absolute Gasteiger partial charge is 0.301 e. The molecular weight excluding hydrogens is 356 g/mol. The van der Waals surface area contributed by atoms with Crippen LogP contribution in [-0.2, 0) is 0 Å². The molecular formula is C13H13BrN4O4. The molecule has 116 valence electrons. The Bertz CT molecular complexity index is 685. The van der Waals surface area contributed by atoms with Crippen molar-refractivity contribution in [2.75, 3.05) is 5.01 Å². The molecule has 1 aliphatic carbocycles. The maximum Gasteiger partial charge on any atom is 0.301 e. The highest BCUT2D eigenvalue weighted by atomic mass is 79.9. The molecule has 0 unspecified atom stereocenters. The molecule has 0 saturated heterocycles. The number of hydrogen-bond donors (Lipinski definition) is 0. The predicted octanol–water partition coefficient (Wildman–Crippen LogP) is 3.73. The molecule has 1 aliphatic heterocycles. The van der Waals surface area contributed by atoms with Crippen molar-refractivity contribution in [3.8, 4) is 0 Å². The van der Waals surface area contributed by atoms with Crippen LogP contribution >= 0.6 is 15.9 Å². The Kier molecular flexibility index (Phi) is 3.59. The minimum atomic E-state index is -0.634. The van der Waals surface area contributed by atoms with E-state index in [1.807, 2.05) is 0 Å². The van der Waals surface area contributed by atoms with Crippen LogP contribution in [0, 0.1) is 20.2 Å². The van der Waals surface area contributed by atoms with Gasteiger partial charge < -0.3 is 0 Å². The van der Waals surface area contributed by atoms with Crippen LogP contribution in [0.1, 0.15) is 32.1 Å². The van der Waals surface area contributed by atoms with Gasteiger partial charge in [-0.15, -0.1) is 0 Å². The standard InChI is InChI=1S/C13H13BrN4O4/c14-12-8-13(5-1-2-6-13)16(15-12)10-4-3-9(17(19)20)7-11(10)18(21)22/h3-4,7H,1-2,5-6,8H2. The third-order valence-electron chi connectivity index (χ3n) is 4.26. The average Bonchev–Trinajstić information content (AvgIpc) is 3.05. The van der Waals surface area contributed by atoms with Crippen molar-refractivity contribution in [1.82, 2.24) is 0 Å². The van der Waals surface area contributed by atoms with Crippen molar-refractivity contribution in [3.05, 3.63) is 38.4 Å². The fraction of sp³-hybridized carbons (Fsp3) is 0.462. The lowest BCUT2D eigenvalue weighted by molar-refractivity contribution is -0.393. The molecule has 0 N–H and O–H groups in total. The van der Waals surface area contributed by atoms with Crippen molar-refractivity contribution >= 4 is 37.6 Å². The topological polar surface area (TPSA) is 102 Å². The summed E-state index contributed by atoms with van der Waals surface area (Å²) < 4.78 is 0.752. The molecule has 0 aromatic heterocycles. The summed E-state index contributed by atoms with van der Waals surface area (Å²) in [5, 5.41) is 28.3. The summed E-state index contributed by atoms with van der Waals surface area (Å²) in [6.07, 6.45) is 4.61. The zero-order valence-electron chi connectivity index (χ0n) is 11.6. The van der Waals surface area contributed by atoms with E-state index in [4.69, 9.17) is 0 Å². The third kappa shape index (κ3) is 2.35. The number of nitro benzene ring substituents is 2. The van der Waals surface area contributed by atoms with Crippen LogP contribution in [0.15, 0.2) is 23.3 Å². The Morgan fingerprint density at radius 3 is 2.45 bits per heavy atom. The van der Waals surface area contributed by atoms with Crippen molar-refractivity contribution in [2.24, 2.45) is 5.10 Å². The Morgan fingerprint density at radius 2 is 1.86 bits per heavy atom. The smallest absolute Gasteiger partial charge is 0.258 e. The summed E-state index contributed by atoms with van der Waals surface area (Å²) in [5.41, 5.74) is -0.517. The van der Waals surface area contributed by atoms with Gasteiger partial charge in [0, 0.05) is 12.5 Å². The second-order valence-corrected chi connectivity index (χ2v) is 6.50. The molecule has 1 heterocycles. The fourth-order valence-electron chi connectivity index (χ4n) is 3.28. The summed E-state index contributed by atoms with van der Waals surface area (Å²) in [6.45, 7) is 0. The van der Waals surface area contributed by atoms with E-state index in [1.54, 1.807) is 5.01 Å². The molecule has 1 fully saturated rings. The molecule has 22 heavy (non-hydrogen) atoms. The molecule has 0 atom stereocenters. The lowest BCUT2D eigenvalue weighted by Gasteiger charge is -2.33. The van der Waals surface area contributed by atoms with Gasteiger partial charge in [-0.2, -0.15) is 5.10 Å². The average molecular weight is 369 g/mol. The number of rotatable bonds is 3. The molecule has 3 rings (SSSR count). The van der Waals surface area contributed by atoms with Crippen LogP contribution in [0.25, 0.3) is 0 Å². The van der Waals surface area contributed by atoms with E-state index in [9.17, 15) is 20.2 Å². The van der Waals surface area contributed by atoms with Crippen LogP contribution in [0.5, 0.6) is 0 Å². The monoisotopic (exact) mass is 368 g/mol. The van der Waals surface area contributed by atoms with Gasteiger partial charge in [-0.25, -0.2) is 0 Å². The number of non-ortho nitro benzene ring substituents is 1. The van der Waals surface area contributed by atoms with E-state index < -0.39 is 9.85 Å². The van der Waals surface area contributed by atoms with Crippen molar-refractivity contribution in [3.63, 3.8) is 0 Å². The quantitative estimate of drug-likeness (QED) is 0.597. The van der Waals surface area contributed by atoms with Gasteiger partial charge in [-0.3, -0.25) is 25.2 Å². The van der Waals surface area contributed by atoms with Gasteiger partial charge in [0.25, 0.3) is 5.69 Å². The van der Waals surface area contributed by atoms with E-state index in [0.29, 0.717) is 12.1 Å². The van der Waals surface area contributed by atoms with Gasteiger partial charge in [0.1, 0.15) is 10.3 Å². The maximum atomic E-state index is 11.3. The molecule has 1 saturated carbocycles. The fourth-order valence-corrected chi connectivity index (χ4v) is 3.96. The first kappa shape index (κ1) is 14.9. The Hall–Kier alpha value is -2.03. The second-order valence-electron chi connectivity index (χ2n) is 5.58. The first-order valence-corrected chi connectivity index (χ1v) is 7.68. The number of nitro groups is 2. The second kappa shape index (κ2) is 5.31. The predicted molar refractivity (Wildman–Crippen MR) is 84.4 cm³/mol. The SMILES string of the molecule is O=[N+]([O-])c1ccc(N2N=C(Br)CC23CCCC3)c([N+](=O)[O-])c1. The number of hydrazone groups is 1. The molecule has 2 aliphatic rings. The van der Waals surface area contributed by atoms with Gasteiger partial charge in [-0.1, -0.05) is 12.8 Å². The Labute approximate surface area is 134 Å². The maximum absolute atomic E-state index is 11.3. The first-order chi connectivity index (χ1) is 10.4.